The van der Waals surface area contributed by atoms with Gasteiger partial charge in [0.05, 0.1) is 11.4 Å². The van der Waals surface area contributed by atoms with Crippen LogP contribution in [0.5, 0.6) is 0 Å². The molecule has 0 saturated carbocycles. The zero-order valence-corrected chi connectivity index (χ0v) is 10.8. The van der Waals surface area contributed by atoms with Crippen molar-refractivity contribution in [2.24, 2.45) is 0 Å². The van der Waals surface area contributed by atoms with E-state index in [2.05, 4.69) is 5.10 Å². The molecule has 0 fully saturated rings. The Labute approximate surface area is 116 Å². The SMILES string of the molecule is Nc1cc(Cc2ccccc2)nn1-c1cccc(F)c1. The molecule has 2 aromatic carbocycles. The molecule has 0 spiro atoms. The van der Waals surface area contributed by atoms with Gasteiger partial charge in [-0.3, -0.25) is 0 Å². The number of benzene rings is 2. The fraction of sp³-hybridized carbons (Fsp3) is 0.0625. The summed E-state index contributed by atoms with van der Waals surface area (Å²) in [4.78, 5) is 0. The Hall–Kier alpha value is -2.62. The molecular formula is C16H14FN3. The molecule has 0 amide bonds. The Morgan fingerprint density at radius 2 is 1.80 bits per heavy atom. The first-order valence-electron chi connectivity index (χ1n) is 6.36. The van der Waals surface area contributed by atoms with Gasteiger partial charge in [-0.25, -0.2) is 9.07 Å². The molecule has 0 aliphatic carbocycles. The van der Waals surface area contributed by atoms with E-state index in [9.17, 15) is 4.39 Å². The van der Waals surface area contributed by atoms with E-state index in [1.807, 2.05) is 36.4 Å². The maximum atomic E-state index is 13.3. The maximum absolute atomic E-state index is 13.3. The van der Waals surface area contributed by atoms with E-state index in [0.717, 1.165) is 11.3 Å². The average molecular weight is 267 g/mol. The quantitative estimate of drug-likeness (QED) is 0.792. The van der Waals surface area contributed by atoms with Crippen LogP contribution in [0.15, 0.2) is 60.7 Å². The Bertz CT molecular complexity index is 720. The molecule has 2 N–H and O–H groups in total. The molecule has 4 heteroatoms. The molecule has 3 rings (SSSR count). The maximum Gasteiger partial charge on any atom is 0.127 e. The molecule has 0 aliphatic heterocycles. The van der Waals surface area contributed by atoms with Crippen LogP contribution in [-0.2, 0) is 6.42 Å². The molecule has 0 unspecified atom stereocenters. The van der Waals surface area contributed by atoms with Gasteiger partial charge in [-0.15, -0.1) is 0 Å². The van der Waals surface area contributed by atoms with Crippen molar-refractivity contribution >= 4 is 5.82 Å². The molecule has 100 valence electrons. The Morgan fingerprint density at radius 3 is 2.55 bits per heavy atom. The highest BCUT2D eigenvalue weighted by Gasteiger charge is 2.08. The highest BCUT2D eigenvalue weighted by Crippen LogP contribution is 2.17. The summed E-state index contributed by atoms with van der Waals surface area (Å²) in [6, 6.07) is 18.1. The molecule has 3 aromatic rings. The van der Waals surface area contributed by atoms with E-state index < -0.39 is 0 Å². The third kappa shape index (κ3) is 2.54. The number of halogens is 1. The minimum absolute atomic E-state index is 0.304. The monoisotopic (exact) mass is 267 g/mol. The molecule has 0 radical (unpaired) electrons. The summed E-state index contributed by atoms with van der Waals surface area (Å²) in [7, 11) is 0. The van der Waals surface area contributed by atoms with Crippen molar-refractivity contribution in [3.63, 3.8) is 0 Å². The minimum Gasteiger partial charge on any atom is -0.384 e. The van der Waals surface area contributed by atoms with Crippen LogP contribution in [0.2, 0.25) is 0 Å². The average Bonchev–Trinajstić information content (AvgIpc) is 2.81. The first-order valence-corrected chi connectivity index (χ1v) is 6.36. The van der Waals surface area contributed by atoms with Crippen molar-refractivity contribution < 1.29 is 4.39 Å². The van der Waals surface area contributed by atoms with Crippen molar-refractivity contribution in [3.8, 4) is 5.69 Å². The van der Waals surface area contributed by atoms with Gasteiger partial charge < -0.3 is 5.73 Å². The lowest BCUT2D eigenvalue weighted by atomic mass is 10.1. The predicted molar refractivity (Wildman–Crippen MR) is 77.2 cm³/mol. The van der Waals surface area contributed by atoms with E-state index in [-0.39, 0.29) is 5.82 Å². The van der Waals surface area contributed by atoms with Gasteiger partial charge in [0.25, 0.3) is 0 Å². The highest BCUT2D eigenvalue weighted by atomic mass is 19.1. The zero-order chi connectivity index (χ0) is 13.9. The number of hydrogen-bond donors (Lipinski definition) is 1. The largest absolute Gasteiger partial charge is 0.384 e. The van der Waals surface area contributed by atoms with Gasteiger partial charge in [0.2, 0.25) is 0 Å². The van der Waals surface area contributed by atoms with Gasteiger partial charge in [-0.2, -0.15) is 5.10 Å². The number of nitrogen functional groups attached to an aromatic ring is 1. The van der Waals surface area contributed by atoms with Crippen LogP contribution in [0.1, 0.15) is 11.3 Å². The van der Waals surface area contributed by atoms with Gasteiger partial charge in [-0.05, 0) is 23.8 Å². The lowest BCUT2D eigenvalue weighted by molar-refractivity contribution is 0.625. The van der Waals surface area contributed by atoms with Crippen molar-refractivity contribution in [3.05, 3.63) is 77.7 Å². The second kappa shape index (κ2) is 5.17. The third-order valence-electron chi connectivity index (χ3n) is 3.07. The molecule has 0 saturated heterocycles. The molecule has 1 heterocycles. The third-order valence-corrected chi connectivity index (χ3v) is 3.07. The van der Waals surface area contributed by atoms with Gasteiger partial charge in [0, 0.05) is 12.5 Å². The fourth-order valence-corrected chi connectivity index (χ4v) is 2.15. The molecular weight excluding hydrogens is 253 g/mol. The fourth-order valence-electron chi connectivity index (χ4n) is 2.15. The van der Waals surface area contributed by atoms with Crippen LogP contribution < -0.4 is 5.73 Å². The van der Waals surface area contributed by atoms with E-state index in [4.69, 9.17) is 5.73 Å². The highest BCUT2D eigenvalue weighted by molar-refractivity contribution is 5.43. The van der Waals surface area contributed by atoms with Gasteiger partial charge in [0.15, 0.2) is 0 Å². The second-order valence-corrected chi connectivity index (χ2v) is 4.61. The summed E-state index contributed by atoms with van der Waals surface area (Å²) in [6.07, 6.45) is 0.702. The van der Waals surface area contributed by atoms with E-state index in [1.54, 1.807) is 16.8 Å². The van der Waals surface area contributed by atoms with Gasteiger partial charge in [-0.1, -0.05) is 36.4 Å². The van der Waals surface area contributed by atoms with Crippen LogP contribution >= 0.6 is 0 Å². The van der Waals surface area contributed by atoms with Crippen LogP contribution in [0, 0.1) is 5.82 Å². The zero-order valence-electron chi connectivity index (χ0n) is 10.8. The van der Waals surface area contributed by atoms with Crippen molar-refractivity contribution in [1.82, 2.24) is 9.78 Å². The van der Waals surface area contributed by atoms with Crippen LogP contribution in [0.25, 0.3) is 5.69 Å². The van der Waals surface area contributed by atoms with Crippen LogP contribution in [-0.4, -0.2) is 9.78 Å². The first-order chi connectivity index (χ1) is 9.72. The first kappa shape index (κ1) is 12.4. The van der Waals surface area contributed by atoms with Crippen molar-refractivity contribution in [2.45, 2.75) is 6.42 Å². The summed E-state index contributed by atoms with van der Waals surface area (Å²) in [5.41, 5.74) is 8.60. The molecule has 0 aliphatic rings. The summed E-state index contributed by atoms with van der Waals surface area (Å²) in [6.45, 7) is 0. The summed E-state index contributed by atoms with van der Waals surface area (Å²) in [5.74, 6) is 0.198. The Kier molecular flexibility index (Phi) is 3.21. The number of rotatable bonds is 3. The van der Waals surface area contributed by atoms with Crippen molar-refractivity contribution in [1.29, 1.82) is 0 Å². The number of nitrogens with zero attached hydrogens (tertiary/aromatic N) is 2. The molecule has 3 nitrogen and oxygen atoms in total. The topological polar surface area (TPSA) is 43.8 Å². The summed E-state index contributed by atoms with van der Waals surface area (Å²) in [5, 5.41) is 4.44. The van der Waals surface area contributed by atoms with E-state index in [1.165, 1.54) is 12.1 Å². The number of aromatic nitrogens is 2. The van der Waals surface area contributed by atoms with Crippen molar-refractivity contribution in [2.75, 3.05) is 5.73 Å². The van der Waals surface area contributed by atoms with Gasteiger partial charge >= 0.3 is 0 Å². The standard InChI is InChI=1S/C16H14FN3/c17-13-7-4-8-15(10-13)20-16(18)11-14(19-20)9-12-5-2-1-3-6-12/h1-8,10-11H,9,18H2. The minimum atomic E-state index is -0.304. The number of nitrogens with two attached hydrogens (primary N) is 1. The van der Waals surface area contributed by atoms with Crippen LogP contribution in [0.3, 0.4) is 0 Å². The summed E-state index contributed by atoms with van der Waals surface area (Å²) < 4.78 is 14.8. The predicted octanol–water partition coefficient (Wildman–Crippen LogP) is 3.18. The number of hydrogen-bond acceptors (Lipinski definition) is 2. The Balaban J connectivity index is 1.91. The lowest BCUT2D eigenvalue weighted by Crippen LogP contribution is -2.02. The van der Waals surface area contributed by atoms with Crippen LogP contribution in [0.4, 0.5) is 10.2 Å². The summed E-state index contributed by atoms with van der Waals surface area (Å²) >= 11 is 0. The molecule has 0 bridgehead atoms. The Morgan fingerprint density at radius 1 is 1.00 bits per heavy atom. The normalized spacial score (nSPS) is 10.7. The van der Waals surface area contributed by atoms with E-state index in [0.29, 0.717) is 17.9 Å². The molecule has 0 atom stereocenters. The molecule has 1 aromatic heterocycles. The number of anilines is 1. The van der Waals surface area contributed by atoms with Gasteiger partial charge in [0.1, 0.15) is 11.6 Å². The second-order valence-electron chi connectivity index (χ2n) is 4.61. The molecule has 20 heavy (non-hydrogen) atoms. The van der Waals surface area contributed by atoms with E-state index >= 15 is 0 Å². The smallest absolute Gasteiger partial charge is 0.127 e. The lowest BCUT2D eigenvalue weighted by Gasteiger charge is -2.03.